The van der Waals surface area contributed by atoms with Crippen LogP contribution in [-0.2, 0) is 0 Å². The summed E-state index contributed by atoms with van der Waals surface area (Å²) in [5, 5.41) is 18.2. The van der Waals surface area contributed by atoms with Crippen LogP contribution in [0.3, 0.4) is 0 Å². The van der Waals surface area contributed by atoms with E-state index in [1.165, 1.54) is 0 Å². The molecular formula is C27H25N7O2. The number of carbonyl (C=O) groups is 1. The van der Waals surface area contributed by atoms with Crippen LogP contribution in [0, 0.1) is 0 Å². The van der Waals surface area contributed by atoms with E-state index in [1.54, 1.807) is 18.5 Å². The summed E-state index contributed by atoms with van der Waals surface area (Å²) in [6, 6.07) is 21.3. The van der Waals surface area contributed by atoms with Crippen LogP contribution in [0.1, 0.15) is 23.2 Å². The lowest BCUT2D eigenvalue weighted by Gasteiger charge is -2.23. The van der Waals surface area contributed by atoms with Crippen molar-refractivity contribution >= 4 is 29.4 Å². The molecule has 9 nitrogen and oxygen atoms in total. The number of carbonyl (C=O) groups excluding carboxylic acids is 1. The molecule has 180 valence electrons. The fourth-order valence-electron chi connectivity index (χ4n) is 4.69. The number of nitrogens with zero attached hydrogens (tertiary/aromatic N) is 6. The zero-order valence-electron chi connectivity index (χ0n) is 19.5. The second kappa shape index (κ2) is 9.27. The monoisotopic (exact) mass is 479 g/mol. The number of rotatable bonds is 7. The van der Waals surface area contributed by atoms with Crippen molar-refractivity contribution < 1.29 is 9.90 Å². The van der Waals surface area contributed by atoms with E-state index in [1.807, 2.05) is 69.9 Å². The smallest absolute Gasteiger partial charge is 0.245 e. The number of benzene rings is 2. The molecule has 0 saturated carbocycles. The predicted octanol–water partition coefficient (Wildman–Crippen LogP) is 4.10. The number of aldehydes is 1. The highest BCUT2D eigenvalue weighted by Crippen LogP contribution is 2.30. The van der Waals surface area contributed by atoms with Crippen molar-refractivity contribution in [3.05, 3.63) is 84.8 Å². The number of anilines is 3. The second-order valence-corrected chi connectivity index (χ2v) is 8.81. The van der Waals surface area contributed by atoms with Crippen molar-refractivity contribution in [3.63, 3.8) is 0 Å². The molecule has 4 heterocycles. The van der Waals surface area contributed by atoms with Crippen molar-refractivity contribution in [2.24, 2.45) is 0 Å². The van der Waals surface area contributed by atoms with Crippen molar-refractivity contribution in [2.75, 3.05) is 23.4 Å². The minimum Gasteiger partial charge on any atom is -0.394 e. The summed E-state index contributed by atoms with van der Waals surface area (Å²) in [6.07, 6.45) is 6.38. The van der Waals surface area contributed by atoms with Crippen LogP contribution >= 0.6 is 0 Å². The highest BCUT2D eigenvalue weighted by Gasteiger charge is 2.27. The fourth-order valence-corrected chi connectivity index (χ4v) is 4.69. The molecule has 3 aromatic heterocycles. The third-order valence-corrected chi connectivity index (χ3v) is 6.57. The Kier molecular flexibility index (Phi) is 5.67. The maximum atomic E-state index is 11.1. The average Bonchev–Trinajstić information content (AvgIpc) is 3.69. The molecule has 1 aliphatic rings. The zero-order valence-corrected chi connectivity index (χ0v) is 19.5. The predicted molar refractivity (Wildman–Crippen MR) is 138 cm³/mol. The summed E-state index contributed by atoms with van der Waals surface area (Å²) < 4.78 is 3.81. The van der Waals surface area contributed by atoms with E-state index in [4.69, 9.17) is 10.1 Å². The van der Waals surface area contributed by atoms with Gasteiger partial charge in [0.25, 0.3) is 0 Å². The number of para-hydroxylation sites is 1. The number of imidazole rings is 1. The Balaban J connectivity index is 1.44. The number of aliphatic hydroxyl groups excluding tert-OH is 1. The fraction of sp³-hybridized carbons (Fsp3) is 0.185. The second-order valence-electron chi connectivity index (χ2n) is 8.81. The van der Waals surface area contributed by atoms with E-state index in [-0.39, 0.29) is 12.6 Å². The Morgan fingerprint density at radius 3 is 2.67 bits per heavy atom. The highest BCUT2D eigenvalue weighted by atomic mass is 16.3. The highest BCUT2D eigenvalue weighted by molar-refractivity contribution is 5.80. The van der Waals surface area contributed by atoms with Crippen LogP contribution in [0.4, 0.5) is 17.6 Å². The standard InChI is InChI=1S/C27H25N7O2/c35-16-19-8-10-20(11-9-19)23-12-13-24-26(29-25-15-32(18-28-25)21-5-2-1-3-6-21)30-27(31-34(23)24)33-14-4-7-22(33)17-36/h1-3,5-6,8-13,15-16,18,22,36H,4,7,14,17H2,(H,29,30,31)/t22-/m0/s1. The number of aliphatic hydroxyl groups is 1. The van der Waals surface area contributed by atoms with Crippen LogP contribution in [0.15, 0.2) is 79.3 Å². The third-order valence-electron chi connectivity index (χ3n) is 6.57. The molecule has 0 bridgehead atoms. The third kappa shape index (κ3) is 3.99. The topological polar surface area (TPSA) is 101 Å². The lowest BCUT2D eigenvalue weighted by molar-refractivity contribution is 0.112. The molecule has 36 heavy (non-hydrogen) atoms. The van der Waals surface area contributed by atoms with E-state index in [0.29, 0.717) is 23.1 Å². The molecule has 9 heteroatoms. The van der Waals surface area contributed by atoms with Gasteiger partial charge in [-0.2, -0.15) is 4.98 Å². The van der Waals surface area contributed by atoms with Gasteiger partial charge in [-0.3, -0.25) is 4.79 Å². The lowest BCUT2D eigenvalue weighted by atomic mass is 10.1. The van der Waals surface area contributed by atoms with Gasteiger partial charge in [0.15, 0.2) is 5.82 Å². The van der Waals surface area contributed by atoms with Gasteiger partial charge in [-0.15, -0.1) is 5.10 Å². The molecule has 1 saturated heterocycles. The summed E-state index contributed by atoms with van der Waals surface area (Å²) in [5.74, 6) is 1.83. The van der Waals surface area contributed by atoms with Crippen molar-refractivity contribution in [1.29, 1.82) is 0 Å². The number of hydrogen-bond donors (Lipinski definition) is 2. The molecule has 5 aromatic rings. The summed E-state index contributed by atoms with van der Waals surface area (Å²) in [4.78, 5) is 22.6. The Morgan fingerprint density at radius 2 is 1.89 bits per heavy atom. The van der Waals surface area contributed by atoms with Crippen LogP contribution in [0.5, 0.6) is 0 Å². The van der Waals surface area contributed by atoms with E-state index >= 15 is 0 Å². The lowest BCUT2D eigenvalue weighted by Crippen LogP contribution is -2.34. The van der Waals surface area contributed by atoms with Crippen molar-refractivity contribution in [3.8, 4) is 16.9 Å². The summed E-state index contributed by atoms with van der Waals surface area (Å²) in [7, 11) is 0. The molecule has 2 aromatic carbocycles. The summed E-state index contributed by atoms with van der Waals surface area (Å²) in [5.41, 5.74) is 4.24. The maximum Gasteiger partial charge on any atom is 0.245 e. The van der Waals surface area contributed by atoms with Gasteiger partial charge in [0.05, 0.1) is 24.5 Å². The van der Waals surface area contributed by atoms with Gasteiger partial charge in [0.2, 0.25) is 5.95 Å². The van der Waals surface area contributed by atoms with Gasteiger partial charge in [0.1, 0.15) is 23.9 Å². The van der Waals surface area contributed by atoms with Gasteiger partial charge in [-0.25, -0.2) is 9.50 Å². The number of nitrogens with one attached hydrogen (secondary N) is 1. The molecule has 6 rings (SSSR count). The molecule has 2 N–H and O–H groups in total. The SMILES string of the molecule is O=Cc1ccc(-c2ccc3c(Nc4cn(-c5ccccc5)cn4)nc(N4CCC[C@H]4CO)nn23)cc1. The summed E-state index contributed by atoms with van der Waals surface area (Å²) >= 11 is 0. The van der Waals surface area contributed by atoms with E-state index in [0.717, 1.165) is 48.1 Å². The molecule has 0 aliphatic carbocycles. The minimum atomic E-state index is -0.0153. The molecular weight excluding hydrogens is 454 g/mol. The van der Waals surface area contributed by atoms with Crippen LogP contribution < -0.4 is 10.2 Å². The Labute approximate surface area is 207 Å². The largest absolute Gasteiger partial charge is 0.394 e. The van der Waals surface area contributed by atoms with Crippen LogP contribution in [0.25, 0.3) is 22.5 Å². The normalized spacial score (nSPS) is 15.5. The van der Waals surface area contributed by atoms with Crippen LogP contribution in [-0.4, -0.2) is 54.7 Å². The molecule has 0 radical (unpaired) electrons. The number of aromatic nitrogens is 5. The maximum absolute atomic E-state index is 11.1. The number of hydrogen-bond acceptors (Lipinski definition) is 7. The first-order valence-corrected chi connectivity index (χ1v) is 11.9. The van der Waals surface area contributed by atoms with E-state index < -0.39 is 0 Å². The summed E-state index contributed by atoms with van der Waals surface area (Å²) in [6.45, 7) is 0.834. The average molecular weight is 480 g/mol. The van der Waals surface area contributed by atoms with Gasteiger partial charge < -0.3 is 19.9 Å². The van der Waals surface area contributed by atoms with Crippen molar-refractivity contribution in [2.45, 2.75) is 18.9 Å². The minimum absolute atomic E-state index is 0.0153. The Morgan fingerprint density at radius 1 is 1.06 bits per heavy atom. The van der Waals surface area contributed by atoms with Crippen LogP contribution in [0.2, 0.25) is 0 Å². The van der Waals surface area contributed by atoms with E-state index in [2.05, 4.69) is 15.2 Å². The Hall–Kier alpha value is -4.50. The molecule has 1 fully saturated rings. The van der Waals surface area contributed by atoms with Gasteiger partial charge in [-0.05, 0) is 37.1 Å². The molecule has 0 amide bonds. The first kappa shape index (κ1) is 22.0. The van der Waals surface area contributed by atoms with Crippen molar-refractivity contribution in [1.82, 2.24) is 24.1 Å². The molecule has 1 aliphatic heterocycles. The Bertz CT molecular complexity index is 1510. The first-order chi connectivity index (χ1) is 17.7. The van der Waals surface area contributed by atoms with Gasteiger partial charge in [-0.1, -0.05) is 42.5 Å². The molecule has 1 atom stereocenters. The number of fused-ring (bicyclic) bond motifs is 1. The quantitative estimate of drug-likeness (QED) is 0.339. The van der Waals surface area contributed by atoms with E-state index in [9.17, 15) is 9.90 Å². The molecule has 0 spiro atoms. The first-order valence-electron chi connectivity index (χ1n) is 11.9. The zero-order chi connectivity index (χ0) is 24.5. The molecule has 0 unspecified atom stereocenters. The van der Waals surface area contributed by atoms with Gasteiger partial charge >= 0.3 is 0 Å². The van der Waals surface area contributed by atoms with Gasteiger partial charge in [0, 0.05) is 23.4 Å².